The van der Waals surface area contributed by atoms with Crippen LogP contribution in [0.1, 0.15) is 20.9 Å². The third-order valence-electron chi connectivity index (χ3n) is 3.96. The van der Waals surface area contributed by atoms with Gasteiger partial charge in [0.1, 0.15) is 5.01 Å². The first kappa shape index (κ1) is 19.0. The maximum atomic E-state index is 12.2. The minimum atomic E-state index is -0.494. The number of amides is 1. The van der Waals surface area contributed by atoms with Crippen LogP contribution in [0.15, 0.2) is 48.5 Å². The summed E-state index contributed by atoms with van der Waals surface area (Å²) in [6, 6.07) is 13.1. The van der Waals surface area contributed by atoms with E-state index < -0.39 is 4.92 Å². The van der Waals surface area contributed by atoms with E-state index in [1.807, 2.05) is 31.2 Å². The number of aromatic nitrogens is 1. The van der Waals surface area contributed by atoms with E-state index in [0.717, 1.165) is 21.1 Å². The molecule has 27 heavy (non-hydrogen) atoms. The number of non-ortho nitro benzene ring substituents is 1. The molecule has 0 bridgehead atoms. The highest BCUT2D eigenvalue weighted by atomic mass is 35.5. The fourth-order valence-corrected chi connectivity index (χ4v) is 3.70. The van der Waals surface area contributed by atoms with Crippen LogP contribution in [0.25, 0.3) is 10.6 Å². The van der Waals surface area contributed by atoms with Crippen LogP contribution in [0.3, 0.4) is 0 Å². The molecule has 138 valence electrons. The summed E-state index contributed by atoms with van der Waals surface area (Å²) >= 11 is 7.51. The normalized spacial score (nSPS) is 10.6. The van der Waals surface area contributed by atoms with Crippen LogP contribution < -0.4 is 5.32 Å². The molecule has 1 amide bonds. The Morgan fingerprint density at radius 3 is 2.48 bits per heavy atom. The number of nitrogens with one attached hydrogen (secondary N) is 1. The smallest absolute Gasteiger partial charge is 0.269 e. The van der Waals surface area contributed by atoms with Gasteiger partial charge in [0.25, 0.3) is 11.6 Å². The van der Waals surface area contributed by atoms with Crippen LogP contribution in [0, 0.1) is 17.0 Å². The predicted molar refractivity (Wildman–Crippen MR) is 106 cm³/mol. The molecule has 1 aromatic heterocycles. The molecule has 0 aliphatic rings. The van der Waals surface area contributed by atoms with Crippen LogP contribution >= 0.6 is 22.9 Å². The molecule has 3 rings (SSSR count). The molecule has 3 aromatic rings. The number of aryl methyl sites for hydroxylation is 1. The van der Waals surface area contributed by atoms with E-state index in [1.165, 1.54) is 24.3 Å². The fourth-order valence-electron chi connectivity index (χ4n) is 2.50. The van der Waals surface area contributed by atoms with E-state index in [1.54, 1.807) is 11.3 Å². The summed E-state index contributed by atoms with van der Waals surface area (Å²) in [6.07, 6.45) is 0.663. The van der Waals surface area contributed by atoms with Gasteiger partial charge in [0, 0.05) is 46.1 Å². The van der Waals surface area contributed by atoms with Crippen LogP contribution in [0.4, 0.5) is 5.69 Å². The van der Waals surface area contributed by atoms with Crippen molar-refractivity contribution in [1.82, 2.24) is 10.3 Å². The molecule has 2 aromatic carbocycles. The van der Waals surface area contributed by atoms with Crippen molar-refractivity contribution in [2.75, 3.05) is 6.54 Å². The van der Waals surface area contributed by atoms with Crippen molar-refractivity contribution in [3.8, 4) is 10.6 Å². The summed E-state index contributed by atoms with van der Waals surface area (Å²) in [7, 11) is 0. The van der Waals surface area contributed by atoms with Crippen LogP contribution in [0.2, 0.25) is 5.02 Å². The van der Waals surface area contributed by atoms with E-state index in [4.69, 9.17) is 11.6 Å². The highest BCUT2D eigenvalue weighted by Crippen LogP contribution is 2.29. The number of thiazole rings is 1. The van der Waals surface area contributed by atoms with Crippen LogP contribution in [-0.2, 0) is 6.42 Å². The Labute approximate surface area is 165 Å². The second-order valence-electron chi connectivity index (χ2n) is 5.84. The standard InChI is InChI=1S/C19H16ClN3O3S/c1-12-17(27-19(22-12)14-2-6-15(20)7-3-14)10-11-21-18(24)13-4-8-16(9-5-13)23(25)26/h2-9H,10-11H2,1H3,(H,21,24). The highest BCUT2D eigenvalue weighted by Gasteiger charge is 2.12. The van der Waals surface area contributed by atoms with Gasteiger partial charge in [-0.25, -0.2) is 4.98 Å². The van der Waals surface area contributed by atoms with Gasteiger partial charge in [0.2, 0.25) is 0 Å². The SMILES string of the molecule is Cc1nc(-c2ccc(Cl)cc2)sc1CCNC(=O)c1ccc([N+](=O)[O-])cc1. The van der Waals surface area contributed by atoms with Crippen molar-refractivity contribution < 1.29 is 9.72 Å². The number of hydrogen-bond acceptors (Lipinski definition) is 5. The lowest BCUT2D eigenvalue weighted by atomic mass is 10.2. The van der Waals surface area contributed by atoms with Gasteiger partial charge in [-0.2, -0.15) is 0 Å². The topological polar surface area (TPSA) is 85.1 Å². The molecule has 6 nitrogen and oxygen atoms in total. The minimum absolute atomic E-state index is 0.0402. The van der Waals surface area contributed by atoms with Crippen LogP contribution in [0.5, 0.6) is 0 Å². The zero-order valence-electron chi connectivity index (χ0n) is 14.4. The van der Waals surface area contributed by atoms with Crippen molar-refractivity contribution in [2.24, 2.45) is 0 Å². The third-order valence-corrected chi connectivity index (χ3v) is 5.48. The number of carbonyl (C=O) groups excluding carboxylic acids is 1. The lowest BCUT2D eigenvalue weighted by Gasteiger charge is -2.04. The molecule has 0 aliphatic carbocycles. The van der Waals surface area contributed by atoms with Crippen molar-refractivity contribution >= 4 is 34.5 Å². The Bertz CT molecular complexity index is 969. The monoisotopic (exact) mass is 401 g/mol. The van der Waals surface area contributed by atoms with Crippen molar-refractivity contribution in [2.45, 2.75) is 13.3 Å². The summed E-state index contributed by atoms with van der Waals surface area (Å²) in [5, 5.41) is 15.1. The van der Waals surface area contributed by atoms with E-state index in [2.05, 4.69) is 10.3 Å². The van der Waals surface area contributed by atoms with Gasteiger partial charge in [0.05, 0.1) is 10.6 Å². The summed E-state index contributed by atoms with van der Waals surface area (Å²) < 4.78 is 0. The summed E-state index contributed by atoms with van der Waals surface area (Å²) in [5.41, 5.74) is 2.30. The van der Waals surface area contributed by atoms with Gasteiger partial charge >= 0.3 is 0 Å². The number of carbonyl (C=O) groups is 1. The van der Waals surface area contributed by atoms with Gasteiger partial charge < -0.3 is 5.32 Å². The molecule has 1 N–H and O–H groups in total. The van der Waals surface area contributed by atoms with Crippen molar-refractivity contribution in [3.63, 3.8) is 0 Å². The summed E-state index contributed by atoms with van der Waals surface area (Å²) in [4.78, 5) is 28.0. The number of nitro benzene ring substituents is 1. The Balaban J connectivity index is 1.59. The maximum absolute atomic E-state index is 12.2. The Morgan fingerprint density at radius 1 is 1.19 bits per heavy atom. The molecule has 0 atom stereocenters. The molecule has 0 saturated carbocycles. The van der Waals surface area contributed by atoms with Crippen molar-refractivity contribution in [3.05, 3.63) is 79.8 Å². The third kappa shape index (κ3) is 4.69. The lowest BCUT2D eigenvalue weighted by Crippen LogP contribution is -2.25. The first-order valence-corrected chi connectivity index (χ1v) is 9.38. The van der Waals surface area contributed by atoms with E-state index in [9.17, 15) is 14.9 Å². The molecule has 1 heterocycles. The van der Waals surface area contributed by atoms with Gasteiger partial charge in [-0.05, 0) is 31.2 Å². The van der Waals surface area contributed by atoms with E-state index in [0.29, 0.717) is 23.6 Å². The number of rotatable bonds is 6. The number of hydrogen-bond donors (Lipinski definition) is 1. The molecule has 0 aliphatic heterocycles. The van der Waals surface area contributed by atoms with E-state index in [-0.39, 0.29) is 11.6 Å². The Hall–Kier alpha value is -2.77. The van der Waals surface area contributed by atoms with Gasteiger partial charge in [-0.15, -0.1) is 11.3 Å². The number of nitrogens with zero attached hydrogens (tertiary/aromatic N) is 2. The average molecular weight is 402 g/mol. The zero-order chi connectivity index (χ0) is 19.4. The average Bonchev–Trinajstić information content (AvgIpc) is 3.03. The van der Waals surface area contributed by atoms with Gasteiger partial charge in [-0.3, -0.25) is 14.9 Å². The maximum Gasteiger partial charge on any atom is 0.269 e. The summed E-state index contributed by atoms with van der Waals surface area (Å²) in [5.74, 6) is -0.259. The fraction of sp³-hybridized carbons (Fsp3) is 0.158. The molecule has 0 unspecified atom stereocenters. The Morgan fingerprint density at radius 2 is 1.85 bits per heavy atom. The quantitative estimate of drug-likeness (QED) is 0.481. The molecule has 8 heteroatoms. The number of halogens is 1. The molecular weight excluding hydrogens is 386 g/mol. The van der Waals surface area contributed by atoms with Gasteiger partial charge in [0.15, 0.2) is 0 Å². The van der Waals surface area contributed by atoms with Crippen LogP contribution in [-0.4, -0.2) is 22.4 Å². The lowest BCUT2D eigenvalue weighted by molar-refractivity contribution is -0.384. The van der Waals surface area contributed by atoms with Crippen molar-refractivity contribution in [1.29, 1.82) is 0 Å². The largest absolute Gasteiger partial charge is 0.352 e. The van der Waals surface area contributed by atoms with Gasteiger partial charge in [-0.1, -0.05) is 23.7 Å². The molecule has 0 saturated heterocycles. The minimum Gasteiger partial charge on any atom is -0.352 e. The molecule has 0 spiro atoms. The second-order valence-corrected chi connectivity index (χ2v) is 7.36. The molecular formula is C19H16ClN3O3S. The Kier molecular flexibility index (Phi) is 5.83. The first-order chi connectivity index (χ1) is 12.9. The molecule has 0 fully saturated rings. The molecule has 0 radical (unpaired) electrons. The first-order valence-electron chi connectivity index (χ1n) is 8.19. The zero-order valence-corrected chi connectivity index (χ0v) is 16.0. The highest BCUT2D eigenvalue weighted by molar-refractivity contribution is 7.15. The second kappa shape index (κ2) is 8.28. The number of nitro groups is 1. The predicted octanol–water partition coefficient (Wildman–Crippen LogP) is 4.65. The summed E-state index contributed by atoms with van der Waals surface area (Å²) in [6.45, 7) is 2.41. The van der Waals surface area contributed by atoms with E-state index >= 15 is 0 Å². The number of benzene rings is 2.